The van der Waals surface area contributed by atoms with Crippen molar-refractivity contribution in [2.24, 2.45) is 4.99 Å². The molecule has 0 aromatic heterocycles. The molecule has 0 spiro atoms. The Hall–Kier alpha value is -2.53. The highest BCUT2D eigenvalue weighted by Crippen LogP contribution is 2.43. The SMILES string of the molecule is Cc1cc(C)cc(N=C2NC(=O)/C(=C\c3ccc4c(c3)C(C)CC(C)(C)N4C)S2)c1. The summed E-state index contributed by atoms with van der Waals surface area (Å²) in [6.45, 7) is 11.0. The molecule has 1 unspecified atom stereocenters. The zero-order valence-electron chi connectivity index (χ0n) is 18.5. The molecule has 5 heteroatoms. The monoisotopic (exact) mass is 419 g/mol. The number of aliphatic imine (C=N–C) groups is 1. The number of benzene rings is 2. The molecule has 2 aromatic carbocycles. The predicted molar refractivity (Wildman–Crippen MR) is 129 cm³/mol. The van der Waals surface area contributed by atoms with E-state index in [1.165, 1.54) is 23.0 Å². The van der Waals surface area contributed by atoms with E-state index in [1.807, 2.05) is 18.2 Å². The van der Waals surface area contributed by atoms with Crippen molar-refractivity contribution < 1.29 is 4.79 Å². The fourth-order valence-corrected chi connectivity index (χ4v) is 5.29. The number of amides is 1. The largest absolute Gasteiger partial charge is 0.369 e. The predicted octanol–water partition coefficient (Wildman–Crippen LogP) is 5.92. The molecular formula is C25H29N3OS. The maximum atomic E-state index is 12.5. The van der Waals surface area contributed by atoms with Crippen LogP contribution in [0, 0.1) is 13.8 Å². The number of thioether (sulfide) groups is 1. The van der Waals surface area contributed by atoms with Crippen LogP contribution in [0.1, 0.15) is 55.4 Å². The van der Waals surface area contributed by atoms with Gasteiger partial charge in [-0.1, -0.05) is 19.1 Å². The molecule has 0 bridgehead atoms. The van der Waals surface area contributed by atoms with Gasteiger partial charge in [0.1, 0.15) is 0 Å². The van der Waals surface area contributed by atoms with E-state index in [0.717, 1.165) is 28.8 Å². The van der Waals surface area contributed by atoms with Gasteiger partial charge < -0.3 is 10.2 Å². The average Bonchev–Trinajstić information content (AvgIpc) is 2.97. The van der Waals surface area contributed by atoms with Gasteiger partial charge in [-0.2, -0.15) is 0 Å². The van der Waals surface area contributed by atoms with Crippen LogP contribution in [0.15, 0.2) is 46.3 Å². The molecule has 0 saturated carbocycles. The van der Waals surface area contributed by atoms with E-state index >= 15 is 0 Å². The molecule has 1 N–H and O–H groups in total. The van der Waals surface area contributed by atoms with Gasteiger partial charge in [0.05, 0.1) is 10.6 Å². The van der Waals surface area contributed by atoms with E-state index in [2.05, 4.69) is 81.1 Å². The van der Waals surface area contributed by atoms with Gasteiger partial charge in [0.2, 0.25) is 0 Å². The van der Waals surface area contributed by atoms with Gasteiger partial charge in [-0.15, -0.1) is 0 Å². The van der Waals surface area contributed by atoms with Gasteiger partial charge in [-0.25, -0.2) is 4.99 Å². The van der Waals surface area contributed by atoms with E-state index in [4.69, 9.17) is 0 Å². The second-order valence-corrected chi connectivity index (χ2v) is 10.2. The van der Waals surface area contributed by atoms with E-state index in [0.29, 0.717) is 16.0 Å². The number of nitrogens with one attached hydrogen (secondary N) is 1. The van der Waals surface area contributed by atoms with Crippen LogP contribution in [0.25, 0.3) is 6.08 Å². The lowest BCUT2D eigenvalue weighted by atomic mass is 9.80. The van der Waals surface area contributed by atoms with Crippen LogP contribution in [0.3, 0.4) is 0 Å². The maximum absolute atomic E-state index is 12.5. The van der Waals surface area contributed by atoms with Crippen molar-refractivity contribution in [3.05, 3.63) is 63.6 Å². The molecule has 4 rings (SSSR count). The van der Waals surface area contributed by atoms with Gasteiger partial charge in [-0.05, 0) is 104 Å². The van der Waals surface area contributed by atoms with E-state index in [-0.39, 0.29) is 11.4 Å². The van der Waals surface area contributed by atoms with Crippen molar-refractivity contribution in [3.63, 3.8) is 0 Å². The lowest BCUT2D eigenvalue weighted by molar-refractivity contribution is -0.115. The summed E-state index contributed by atoms with van der Waals surface area (Å²) < 4.78 is 0. The molecule has 2 aliphatic rings. The van der Waals surface area contributed by atoms with E-state index < -0.39 is 0 Å². The third-order valence-corrected chi connectivity index (χ3v) is 6.95. The van der Waals surface area contributed by atoms with Crippen molar-refractivity contribution in [2.75, 3.05) is 11.9 Å². The Kier molecular flexibility index (Phi) is 5.27. The van der Waals surface area contributed by atoms with Crippen LogP contribution < -0.4 is 10.2 Å². The molecule has 156 valence electrons. The first-order valence-electron chi connectivity index (χ1n) is 10.4. The lowest BCUT2D eigenvalue weighted by Gasteiger charge is -2.45. The molecule has 2 aromatic rings. The number of hydrogen-bond acceptors (Lipinski definition) is 4. The zero-order chi connectivity index (χ0) is 21.6. The summed E-state index contributed by atoms with van der Waals surface area (Å²) in [6, 6.07) is 12.7. The summed E-state index contributed by atoms with van der Waals surface area (Å²) in [6.07, 6.45) is 3.08. The molecule has 1 amide bonds. The smallest absolute Gasteiger partial charge is 0.264 e. The Balaban J connectivity index is 1.61. The molecule has 2 aliphatic heterocycles. The summed E-state index contributed by atoms with van der Waals surface area (Å²) in [7, 11) is 2.17. The lowest BCUT2D eigenvalue weighted by Crippen LogP contribution is -2.45. The highest BCUT2D eigenvalue weighted by Gasteiger charge is 2.34. The molecule has 0 aliphatic carbocycles. The molecular weight excluding hydrogens is 390 g/mol. The Morgan fingerprint density at radius 2 is 1.87 bits per heavy atom. The molecule has 0 radical (unpaired) electrons. The first-order valence-corrected chi connectivity index (χ1v) is 11.2. The number of carbonyl (C=O) groups is 1. The highest BCUT2D eigenvalue weighted by atomic mass is 32.2. The number of amidine groups is 1. The number of nitrogens with zero attached hydrogens (tertiary/aromatic N) is 2. The van der Waals surface area contributed by atoms with Gasteiger partial charge in [0.15, 0.2) is 5.17 Å². The molecule has 2 heterocycles. The number of aryl methyl sites for hydroxylation is 2. The summed E-state index contributed by atoms with van der Waals surface area (Å²) in [4.78, 5) is 20.2. The topological polar surface area (TPSA) is 44.7 Å². The first kappa shape index (κ1) is 20.7. The summed E-state index contributed by atoms with van der Waals surface area (Å²) in [5, 5.41) is 3.53. The second kappa shape index (κ2) is 7.62. The van der Waals surface area contributed by atoms with Crippen LogP contribution in [-0.4, -0.2) is 23.7 Å². The number of fused-ring (bicyclic) bond motifs is 1. The summed E-state index contributed by atoms with van der Waals surface area (Å²) in [5.74, 6) is 0.392. The number of anilines is 1. The van der Waals surface area contributed by atoms with Crippen molar-refractivity contribution in [3.8, 4) is 0 Å². The quantitative estimate of drug-likeness (QED) is 0.615. The molecule has 4 nitrogen and oxygen atoms in total. The molecule has 1 saturated heterocycles. The third kappa shape index (κ3) is 4.04. The first-order chi connectivity index (χ1) is 14.1. The molecule has 1 atom stereocenters. The van der Waals surface area contributed by atoms with Crippen molar-refractivity contribution in [2.45, 2.75) is 52.5 Å². The van der Waals surface area contributed by atoms with Gasteiger partial charge in [-0.3, -0.25) is 4.79 Å². The number of carbonyl (C=O) groups excluding carboxylic acids is 1. The van der Waals surface area contributed by atoms with Crippen LogP contribution in [0.4, 0.5) is 11.4 Å². The van der Waals surface area contributed by atoms with Gasteiger partial charge in [0.25, 0.3) is 5.91 Å². The Morgan fingerprint density at radius 1 is 1.17 bits per heavy atom. The Bertz CT molecular complexity index is 1060. The summed E-state index contributed by atoms with van der Waals surface area (Å²) in [5.41, 5.74) is 7.02. The Labute approximate surface area is 183 Å². The minimum Gasteiger partial charge on any atom is -0.369 e. The van der Waals surface area contributed by atoms with Gasteiger partial charge >= 0.3 is 0 Å². The standard InChI is InChI=1S/C25H29N3OS/c1-15-9-16(2)11-19(10-15)26-24-27-23(29)22(30-24)13-18-7-8-21-20(12-18)17(3)14-25(4,5)28(21)6/h7-13,17H,14H2,1-6H3,(H,26,27,29)/b22-13+. The van der Waals surface area contributed by atoms with Crippen molar-refractivity contribution in [1.29, 1.82) is 0 Å². The van der Waals surface area contributed by atoms with Gasteiger partial charge in [0, 0.05) is 18.3 Å². The van der Waals surface area contributed by atoms with E-state index in [1.54, 1.807) is 0 Å². The minimum absolute atomic E-state index is 0.0906. The van der Waals surface area contributed by atoms with Crippen molar-refractivity contribution in [1.82, 2.24) is 5.32 Å². The van der Waals surface area contributed by atoms with Crippen LogP contribution >= 0.6 is 11.8 Å². The van der Waals surface area contributed by atoms with Crippen molar-refractivity contribution >= 4 is 40.3 Å². The van der Waals surface area contributed by atoms with Crippen LogP contribution in [0.2, 0.25) is 0 Å². The highest BCUT2D eigenvalue weighted by molar-refractivity contribution is 8.18. The second-order valence-electron chi connectivity index (χ2n) is 9.12. The van der Waals surface area contributed by atoms with Crippen LogP contribution in [0.5, 0.6) is 0 Å². The fraction of sp³-hybridized carbons (Fsp3) is 0.360. The van der Waals surface area contributed by atoms with Crippen LogP contribution in [-0.2, 0) is 4.79 Å². The maximum Gasteiger partial charge on any atom is 0.264 e. The zero-order valence-corrected chi connectivity index (χ0v) is 19.4. The normalized spacial score (nSPS) is 23.1. The third-order valence-electron chi connectivity index (χ3n) is 6.04. The molecule has 30 heavy (non-hydrogen) atoms. The molecule has 1 fully saturated rings. The Morgan fingerprint density at radius 3 is 2.57 bits per heavy atom. The number of hydrogen-bond donors (Lipinski definition) is 1. The number of rotatable bonds is 2. The average molecular weight is 420 g/mol. The fourth-order valence-electron chi connectivity index (χ4n) is 4.45. The minimum atomic E-state index is -0.0906. The summed E-state index contributed by atoms with van der Waals surface area (Å²) >= 11 is 1.40. The van der Waals surface area contributed by atoms with E-state index in [9.17, 15) is 4.79 Å².